The van der Waals surface area contributed by atoms with Gasteiger partial charge in [0.15, 0.2) is 5.65 Å². The number of nitrogens with zero attached hydrogens (tertiary/aromatic N) is 3. The zero-order valence-electron chi connectivity index (χ0n) is 9.77. The van der Waals surface area contributed by atoms with Crippen molar-refractivity contribution in [3.8, 4) is 0 Å². The Morgan fingerprint density at radius 1 is 1.47 bits per heavy atom. The number of carbonyl (C=O) groups is 1. The number of hydrogen-bond donors (Lipinski definition) is 0. The summed E-state index contributed by atoms with van der Waals surface area (Å²) in [5, 5.41) is 4.04. The Bertz CT molecular complexity index is 572. The van der Waals surface area contributed by atoms with Crippen LogP contribution in [-0.4, -0.2) is 26.2 Å². The minimum absolute atomic E-state index is 0.362. The quantitative estimate of drug-likeness (QED) is 0.599. The minimum atomic E-state index is -0.530. The van der Waals surface area contributed by atoms with Gasteiger partial charge in [0.1, 0.15) is 15.8 Å². The molecule has 17 heavy (non-hydrogen) atoms. The van der Waals surface area contributed by atoms with Crippen molar-refractivity contribution in [3.05, 3.63) is 28.6 Å². The Kier molecular flexibility index (Phi) is 2.91. The smallest absolute Gasteiger partial charge is 0.344 e. The molecule has 90 valence electrons. The first-order valence-corrected chi connectivity index (χ1v) is 5.89. The van der Waals surface area contributed by atoms with Crippen molar-refractivity contribution in [2.75, 3.05) is 0 Å². The fourth-order valence-electron chi connectivity index (χ4n) is 1.32. The summed E-state index contributed by atoms with van der Waals surface area (Å²) in [6.45, 7) is 5.46. The molecule has 2 rings (SSSR count). The summed E-state index contributed by atoms with van der Waals surface area (Å²) < 4.78 is 7.46. The average molecular weight is 298 g/mol. The molecule has 0 saturated carbocycles. The highest BCUT2D eigenvalue weighted by molar-refractivity contribution is 9.10. The first kappa shape index (κ1) is 12.0. The molecule has 0 radical (unpaired) electrons. The zero-order valence-corrected chi connectivity index (χ0v) is 11.4. The molecule has 0 unspecified atom stereocenters. The van der Waals surface area contributed by atoms with Crippen LogP contribution in [0.2, 0.25) is 0 Å². The molecule has 0 spiro atoms. The van der Waals surface area contributed by atoms with E-state index in [9.17, 15) is 4.79 Å². The van der Waals surface area contributed by atoms with E-state index in [1.54, 1.807) is 12.3 Å². The molecule has 0 aliphatic heterocycles. The fraction of sp³-hybridized carbons (Fsp3) is 0.364. The van der Waals surface area contributed by atoms with E-state index in [0.29, 0.717) is 15.8 Å². The van der Waals surface area contributed by atoms with Crippen LogP contribution in [0.5, 0.6) is 0 Å². The molecule has 0 amide bonds. The highest BCUT2D eigenvalue weighted by atomic mass is 79.9. The fourth-order valence-corrected chi connectivity index (χ4v) is 1.61. The Morgan fingerprint density at radius 3 is 2.82 bits per heavy atom. The maximum absolute atomic E-state index is 11.9. The van der Waals surface area contributed by atoms with Gasteiger partial charge in [-0.05, 0) is 42.8 Å². The van der Waals surface area contributed by atoms with Gasteiger partial charge in [-0.1, -0.05) is 0 Å². The Hall–Kier alpha value is -1.43. The van der Waals surface area contributed by atoms with Crippen molar-refractivity contribution in [2.45, 2.75) is 26.4 Å². The van der Waals surface area contributed by atoms with Crippen molar-refractivity contribution in [2.24, 2.45) is 0 Å². The monoisotopic (exact) mass is 297 g/mol. The molecule has 0 aromatic carbocycles. The zero-order chi connectivity index (χ0) is 12.6. The third kappa shape index (κ3) is 2.63. The highest BCUT2D eigenvalue weighted by Gasteiger charge is 2.21. The van der Waals surface area contributed by atoms with Crippen molar-refractivity contribution in [3.63, 3.8) is 0 Å². The predicted molar refractivity (Wildman–Crippen MR) is 65.9 cm³/mol. The second kappa shape index (κ2) is 4.10. The number of aromatic nitrogens is 3. The molecule has 2 heterocycles. The van der Waals surface area contributed by atoms with Crippen LogP contribution in [-0.2, 0) is 4.74 Å². The second-order valence-electron chi connectivity index (χ2n) is 4.58. The number of halogens is 1. The molecule has 5 nitrogen and oxygen atoms in total. The number of fused-ring (bicyclic) bond motifs is 1. The number of carbonyl (C=O) groups excluding carboxylic acids is 1. The van der Waals surface area contributed by atoms with Gasteiger partial charge in [0.2, 0.25) is 0 Å². The Balaban J connectivity index is 2.42. The predicted octanol–water partition coefficient (Wildman–Crippen LogP) is 2.45. The van der Waals surface area contributed by atoms with Gasteiger partial charge in [0.25, 0.3) is 0 Å². The van der Waals surface area contributed by atoms with Crippen LogP contribution in [0.15, 0.2) is 23.1 Å². The summed E-state index contributed by atoms with van der Waals surface area (Å²) in [5.74, 6) is -0.418. The van der Waals surface area contributed by atoms with Gasteiger partial charge >= 0.3 is 5.97 Å². The summed E-state index contributed by atoms with van der Waals surface area (Å²) in [7, 11) is 0. The summed E-state index contributed by atoms with van der Waals surface area (Å²) >= 11 is 3.26. The van der Waals surface area contributed by atoms with Crippen LogP contribution in [0.3, 0.4) is 0 Å². The Labute approximate surface area is 107 Å². The molecule has 0 bridgehead atoms. The highest BCUT2D eigenvalue weighted by Crippen LogP contribution is 2.16. The number of esters is 1. The molecular formula is C11H12BrN3O2. The molecule has 0 aliphatic carbocycles. The molecule has 6 heteroatoms. The van der Waals surface area contributed by atoms with Gasteiger partial charge in [0.05, 0.1) is 6.20 Å². The van der Waals surface area contributed by atoms with Gasteiger partial charge in [-0.25, -0.2) is 14.3 Å². The maximum atomic E-state index is 11.9. The van der Waals surface area contributed by atoms with Crippen molar-refractivity contribution in [1.82, 2.24) is 14.6 Å². The number of ether oxygens (including phenoxy) is 1. The SMILES string of the molecule is CC(C)(C)OC(=O)c1cnn2ccc(Br)nc12. The van der Waals surface area contributed by atoms with E-state index in [1.807, 2.05) is 20.8 Å². The van der Waals surface area contributed by atoms with E-state index in [0.717, 1.165) is 0 Å². The van der Waals surface area contributed by atoms with Gasteiger partial charge in [-0.3, -0.25) is 0 Å². The van der Waals surface area contributed by atoms with Gasteiger partial charge in [-0.15, -0.1) is 0 Å². The molecule has 0 fully saturated rings. The van der Waals surface area contributed by atoms with Gasteiger partial charge in [0, 0.05) is 6.20 Å². The Morgan fingerprint density at radius 2 is 2.18 bits per heavy atom. The number of hydrogen-bond acceptors (Lipinski definition) is 4. The van der Waals surface area contributed by atoms with E-state index in [4.69, 9.17) is 4.74 Å². The lowest BCUT2D eigenvalue weighted by Crippen LogP contribution is -2.23. The van der Waals surface area contributed by atoms with Crippen LogP contribution in [0.4, 0.5) is 0 Å². The molecule has 0 saturated heterocycles. The molecular weight excluding hydrogens is 286 g/mol. The third-order valence-electron chi connectivity index (χ3n) is 1.95. The van der Waals surface area contributed by atoms with Crippen LogP contribution in [0.1, 0.15) is 31.1 Å². The lowest BCUT2D eigenvalue weighted by molar-refractivity contribution is 0.00716. The first-order chi connectivity index (χ1) is 7.87. The van der Waals surface area contributed by atoms with Gasteiger partial charge < -0.3 is 4.74 Å². The average Bonchev–Trinajstić information content (AvgIpc) is 2.57. The van der Waals surface area contributed by atoms with E-state index >= 15 is 0 Å². The first-order valence-electron chi connectivity index (χ1n) is 5.10. The number of rotatable bonds is 1. The lowest BCUT2D eigenvalue weighted by atomic mass is 10.2. The van der Waals surface area contributed by atoms with E-state index in [-0.39, 0.29) is 0 Å². The topological polar surface area (TPSA) is 56.5 Å². The van der Waals surface area contributed by atoms with Crippen molar-refractivity contribution in [1.29, 1.82) is 0 Å². The van der Waals surface area contributed by atoms with Crippen molar-refractivity contribution >= 4 is 27.5 Å². The van der Waals surface area contributed by atoms with Crippen molar-refractivity contribution < 1.29 is 9.53 Å². The van der Waals surface area contributed by atoms with E-state index < -0.39 is 11.6 Å². The molecule has 0 N–H and O–H groups in total. The standard InChI is InChI=1S/C11H12BrN3O2/c1-11(2,3)17-10(16)7-6-13-15-5-4-8(12)14-9(7)15/h4-6H,1-3H3. The van der Waals surface area contributed by atoms with Gasteiger partial charge in [-0.2, -0.15) is 5.10 Å². The summed E-state index contributed by atoms with van der Waals surface area (Å²) in [6.07, 6.45) is 3.18. The van der Waals surface area contributed by atoms with Crippen LogP contribution in [0.25, 0.3) is 5.65 Å². The van der Waals surface area contributed by atoms with Crippen LogP contribution >= 0.6 is 15.9 Å². The largest absolute Gasteiger partial charge is 0.456 e. The van der Waals surface area contributed by atoms with Crippen LogP contribution in [0, 0.1) is 0 Å². The summed E-state index contributed by atoms with van der Waals surface area (Å²) in [4.78, 5) is 16.1. The summed E-state index contributed by atoms with van der Waals surface area (Å²) in [5.41, 5.74) is 0.312. The molecule has 0 atom stereocenters. The second-order valence-corrected chi connectivity index (χ2v) is 5.39. The lowest BCUT2D eigenvalue weighted by Gasteiger charge is -2.18. The minimum Gasteiger partial charge on any atom is -0.456 e. The molecule has 0 aliphatic rings. The van der Waals surface area contributed by atoms with E-state index in [1.165, 1.54) is 10.7 Å². The van der Waals surface area contributed by atoms with E-state index in [2.05, 4.69) is 26.0 Å². The summed E-state index contributed by atoms with van der Waals surface area (Å²) in [6, 6.07) is 1.75. The third-order valence-corrected chi connectivity index (χ3v) is 2.40. The molecule has 2 aromatic heterocycles. The normalized spacial score (nSPS) is 11.8. The van der Waals surface area contributed by atoms with Crippen LogP contribution < -0.4 is 0 Å². The maximum Gasteiger partial charge on any atom is 0.344 e. The molecule has 2 aromatic rings.